The summed E-state index contributed by atoms with van der Waals surface area (Å²) in [6.07, 6.45) is -0.347. The van der Waals surface area contributed by atoms with E-state index in [0.717, 1.165) is 55.7 Å². The van der Waals surface area contributed by atoms with Crippen LogP contribution in [0, 0.1) is 5.82 Å². The Labute approximate surface area is 290 Å². The number of rotatable bonds is 13. The maximum Gasteiger partial charge on any atom is 0.573 e. The van der Waals surface area contributed by atoms with E-state index in [4.69, 9.17) is 5.11 Å². The number of hydrogen-bond acceptors (Lipinski definition) is 7. The van der Waals surface area contributed by atoms with Crippen molar-refractivity contribution in [2.75, 3.05) is 29.1 Å². The summed E-state index contributed by atoms with van der Waals surface area (Å²) in [6, 6.07) is 18.7. The number of ether oxygens (including phenoxy) is 1. The quantitative estimate of drug-likeness (QED) is 0.0956. The Bertz CT molecular complexity index is 1850. The molecule has 4 aromatic rings. The van der Waals surface area contributed by atoms with Gasteiger partial charge in [-0.1, -0.05) is 18.2 Å². The Morgan fingerprint density at radius 3 is 2.44 bits per heavy atom. The second-order valence-electron chi connectivity index (χ2n) is 11.6. The Hall–Kier alpha value is -5.11. The van der Waals surface area contributed by atoms with Gasteiger partial charge in [0, 0.05) is 59.7 Å². The second kappa shape index (κ2) is 16.5. The van der Waals surface area contributed by atoms with Crippen molar-refractivity contribution in [3.8, 4) is 17.0 Å². The number of halogens is 4. The molecule has 3 aromatic carbocycles. The Morgan fingerprint density at radius 1 is 0.900 bits per heavy atom. The molecular weight excluding hydrogens is 676 g/mol. The average molecular weight is 711 g/mol. The number of benzene rings is 3. The molecule has 262 valence electrons. The van der Waals surface area contributed by atoms with E-state index in [1.165, 1.54) is 30.1 Å². The van der Waals surface area contributed by atoms with Crippen LogP contribution in [0.3, 0.4) is 0 Å². The van der Waals surface area contributed by atoms with Crippen molar-refractivity contribution in [3.63, 3.8) is 0 Å². The molecule has 0 atom stereocenters. The highest BCUT2D eigenvalue weighted by molar-refractivity contribution is 7.98. The minimum Gasteiger partial charge on any atom is -0.481 e. The number of carboxylic acid groups (broad SMARTS) is 1. The van der Waals surface area contributed by atoms with Crippen LogP contribution in [0.4, 0.5) is 28.9 Å². The third kappa shape index (κ3) is 10.2. The summed E-state index contributed by atoms with van der Waals surface area (Å²) in [7, 11) is 0. The van der Waals surface area contributed by atoms with Gasteiger partial charge in [-0.25, -0.2) is 4.39 Å². The molecule has 50 heavy (non-hydrogen) atoms. The van der Waals surface area contributed by atoms with E-state index in [1.54, 1.807) is 30.3 Å². The summed E-state index contributed by atoms with van der Waals surface area (Å²) < 4.78 is 55.6. The lowest BCUT2D eigenvalue weighted by molar-refractivity contribution is -0.275. The molecule has 1 saturated heterocycles. The molecule has 5 rings (SSSR count). The van der Waals surface area contributed by atoms with Crippen LogP contribution in [-0.4, -0.2) is 53.1 Å². The number of thioether (sulfide) groups is 1. The van der Waals surface area contributed by atoms with Crippen LogP contribution in [-0.2, 0) is 17.1 Å². The summed E-state index contributed by atoms with van der Waals surface area (Å²) >= 11 is 1.46. The van der Waals surface area contributed by atoms with Gasteiger partial charge in [0.25, 0.3) is 11.8 Å². The van der Waals surface area contributed by atoms with Crippen LogP contribution < -0.4 is 20.3 Å². The number of aliphatic carboxylic acids is 1. The van der Waals surface area contributed by atoms with Crippen LogP contribution in [0.1, 0.15) is 57.5 Å². The lowest BCUT2D eigenvalue weighted by Crippen LogP contribution is -2.29. The summed E-state index contributed by atoms with van der Waals surface area (Å²) in [5.41, 5.74) is 4.06. The largest absolute Gasteiger partial charge is 0.573 e. The number of alkyl halides is 3. The van der Waals surface area contributed by atoms with Gasteiger partial charge in [-0.05, 0) is 85.0 Å². The molecule has 0 unspecified atom stereocenters. The average Bonchev–Trinajstić information content (AvgIpc) is 3.10. The Morgan fingerprint density at radius 2 is 1.68 bits per heavy atom. The second-order valence-corrected chi connectivity index (χ2v) is 12.7. The van der Waals surface area contributed by atoms with Gasteiger partial charge in [0.1, 0.15) is 0 Å². The Balaban J connectivity index is 1.36. The molecular formula is C36H34F4N4O5S. The number of hydrogen-bond donors (Lipinski definition) is 3. The van der Waals surface area contributed by atoms with Gasteiger partial charge in [-0.3, -0.25) is 19.4 Å². The van der Waals surface area contributed by atoms with Gasteiger partial charge < -0.3 is 25.4 Å². The maximum absolute atomic E-state index is 13.9. The molecule has 1 aliphatic rings. The number of aromatic nitrogens is 1. The third-order valence-corrected chi connectivity index (χ3v) is 8.89. The van der Waals surface area contributed by atoms with Crippen LogP contribution in [0.2, 0.25) is 0 Å². The number of nitrogens with zero attached hydrogens (tertiary/aromatic N) is 2. The number of anilines is 2. The first-order valence-corrected chi connectivity index (χ1v) is 17.0. The first-order chi connectivity index (χ1) is 23.9. The number of piperidine rings is 1. The lowest BCUT2D eigenvalue weighted by atomic mass is 10.0. The predicted molar refractivity (Wildman–Crippen MR) is 183 cm³/mol. The fraction of sp³-hybridized carbons (Fsp3) is 0.278. The van der Waals surface area contributed by atoms with E-state index in [9.17, 15) is 31.9 Å². The monoisotopic (exact) mass is 710 g/mol. The van der Waals surface area contributed by atoms with Crippen molar-refractivity contribution < 1.29 is 41.8 Å². The zero-order chi connectivity index (χ0) is 35.7. The molecule has 1 aliphatic heterocycles. The van der Waals surface area contributed by atoms with Gasteiger partial charge >= 0.3 is 12.3 Å². The molecule has 1 fully saturated rings. The van der Waals surface area contributed by atoms with Crippen molar-refractivity contribution >= 4 is 40.9 Å². The van der Waals surface area contributed by atoms with Crippen LogP contribution in [0.5, 0.6) is 5.75 Å². The van der Waals surface area contributed by atoms with Crippen molar-refractivity contribution in [2.45, 2.75) is 44.3 Å². The fourth-order valence-corrected chi connectivity index (χ4v) is 6.29. The highest BCUT2D eigenvalue weighted by Crippen LogP contribution is 2.33. The topological polar surface area (TPSA) is 121 Å². The molecule has 0 aliphatic carbocycles. The molecule has 2 heterocycles. The predicted octanol–water partition coefficient (Wildman–Crippen LogP) is 7.67. The number of pyridine rings is 1. The van der Waals surface area contributed by atoms with Crippen molar-refractivity contribution in [3.05, 3.63) is 107 Å². The number of carbonyl (C=O) groups is 3. The maximum atomic E-state index is 13.9. The van der Waals surface area contributed by atoms with Gasteiger partial charge in [0.15, 0.2) is 11.6 Å². The SMILES string of the molecule is O=C(O)CCSCc1cccc(C(=O)Nc2ccc(N3CCCCC3)cc2-c2cc(C(=O)NCc3ccc(F)c(OC(F)(F)F)c3)ccn2)c1. The number of amides is 2. The normalized spacial score (nSPS) is 13.1. The molecule has 0 bridgehead atoms. The Kier molecular flexibility index (Phi) is 12.0. The molecule has 0 saturated carbocycles. The van der Waals surface area contributed by atoms with E-state index in [-0.39, 0.29) is 30.0 Å². The number of nitrogens with one attached hydrogen (secondary N) is 2. The zero-order valence-electron chi connectivity index (χ0n) is 26.8. The number of carbonyl (C=O) groups excluding carboxylic acids is 2. The molecule has 2 amide bonds. The highest BCUT2D eigenvalue weighted by Gasteiger charge is 2.32. The first kappa shape index (κ1) is 36.2. The molecule has 3 N–H and O–H groups in total. The molecule has 9 nitrogen and oxygen atoms in total. The van der Waals surface area contributed by atoms with Crippen LogP contribution >= 0.6 is 11.8 Å². The lowest BCUT2D eigenvalue weighted by Gasteiger charge is -2.29. The number of carboxylic acids is 1. The van der Waals surface area contributed by atoms with Crippen LogP contribution in [0.25, 0.3) is 11.3 Å². The standard InChI is InChI=1S/C36H34F4N4O5S/c37-29-9-7-23(18-32(29)49-36(38,39)40)21-42-34(47)26-11-13-41-31(19-26)28-20-27(44-14-2-1-3-15-44)8-10-30(28)43-35(48)25-6-4-5-24(17-25)22-50-16-12-33(45)46/h4-11,13,17-20H,1-3,12,14-16,21-22H2,(H,42,47)(H,43,48)(H,45,46). The molecule has 14 heteroatoms. The molecule has 0 spiro atoms. The third-order valence-electron chi connectivity index (χ3n) is 7.86. The smallest absolute Gasteiger partial charge is 0.481 e. The van der Waals surface area contributed by atoms with Crippen molar-refractivity contribution in [1.29, 1.82) is 0 Å². The van der Waals surface area contributed by atoms with Gasteiger partial charge in [0.05, 0.1) is 17.8 Å². The minimum absolute atomic E-state index is 0.0494. The van der Waals surface area contributed by atoms with Crippen LogP contribution in [0.15, 0.2) is 79.0 Å². The van der Waals surface area contributed by atoms with E-state index in [1.807, 2.05) is 18.2 Å². The van der Waals surface area contributed by atoms with Crippen molar-refractivity contribution in [1.82, 2.24) is 10.3 Å². The van der Waals surface area contributed by atoms with Gasteiger partial charge in [0.2, 0.25) is 0 Å². The van der Waals surface area contributed by atoms with Gasteiger partial charge in [-0.2, -0.15) is 11.8 Å². The first-order valence-electron chi connectivity index (χ1n) is 15.8. The highest BCUT2D eigenvalue weighted by atomic mass is 32.2. The minimum atomic E-state index is -5.08. The summed E-state index contributed by atoms with van der Waals surface area (Å²) in [5, 5.41) is 14.5. The fourth-order valence-electron chi connectivity index (χ4n) is 5.41. The summed E-state index contributed by atoms with van der Waals surface area (Å²) in [4.78, 5) is 44.2. The van der Waals surface area contributed by atoms with E-state index in [2.05, 4.69) is 25.3 Å². The summed E-state index contributed by atoms with van der Waals surface area (Å²) in [6.45, 7) is 1.54. The summed E-state index contributed by atoms with van der Waals surface area (Å²) in [5.74, 6) is -2.97. The van der Waals surface area contributed by atoms with Gasteiger partial charge in [-0.15, -0.1) is 13.2 Å². The molecule has 1 aromatic heterocycles. The molecule has 0 radical (unpaired) electrons. The van der Waals surface area contributed by atoms with E-state index in [0.29, 0.717) is 34.0 Å². The van der Waals surface area contributed by atoms with E-state index >= 15 is 0 Å². The zero-order valence-corrected chi connectivity index (χ0v) is 27.6. The van der Waals surface area contributed by atoms with E-state index < -0.39 is 29.8 Å². The van der Waals surface area contributed by atoms with Crippen molar-refractivity contribution in [2.24, 2.45) is 0 Å².